The second kappa shape index (κ2) is 7.86. The molecule has 0 amide bonds. The lowest BCUT2D eigenvalue weighted by Gasteiger charge is -2.01. The van der Waals surface area contributed by atoms with Crippen molar-refractivity contribution in [2.45, 2.75) is 33.1 Å². The molecular weight excluding hydrogens is 330 g/mol. The zero-order valence-electron chi connectivity index (χ0n) is 14.3. The van der Waals surface area contributed by atoms with Crippen LogP contribution >= 0.6 is 11.3 Å². The van der Waals surface area contributed by atoms with Crippen LogP contribution in [0.5, 0.6) is 0 Å². The fourth-order valence-electron chi connectivity index (χ4n) is 2.55. The normalized spacial score (nSPS) is 10.4. The van der Waals surface area contributed by atoms with E-state index in [2.05, 4.69) is 46.5 Å². The molecule has 5 nitrogen and oxygen atoms in total. The highest BCUT2D eigenvalue weighted by Crippen LogP contribution is 2.34. The molecule has 0 aliphatic heterocycles. The molecule has 126 valence electrons. The number of hydrogen-bond acceptors (Lipinski definition) is 6. The van der Waals surface area contributed by atoms with Gasteiger partial charge in [0.05, 0.1) is 16.3 Å². The van der Waals surface area contributed by atoms with Crippen LogP contribution in [-0.2, 0) is 6.42 Å². The third kappa shape index (κ3) is 4.01. The Morgan fingerprint density at radius 1 is 1.16 bits per heavy atom. The molecule has 0 aliphatic rings. The molecule has 0 saturated heterocycles. The van der Waals surface area contributed by atoms with Gasteiger partial charge in [0.1, 0.15) is 5.01 Å². The van der Waals surface area contributed by atoms with E-state index in [0.29, 0.717) is 5.95 Å². The maximum atomic E-state index is 8.71. The van der Waals surface area contributed by atoms with E-state index in [4.69, 9.17) is 10.2 Å². The van der Waals surface area contributed by atoms with Gasteiger partial charge < -0.3 is 0 Å². The maximum absolute atomic E-state index is 8.71. The number of rotatable bonds is 6. The Hall–Kier alpha value is -2.78. The number of nitrogens with zero attached hydrogens (tertiary/aromatic N) is 4. The van der Waals surface area contributed by atoms with Crippen molar-refractivity contribution in [3.63, 3.8) is 0 Å². The number of nitrogens with one attached hydrogen (secondary N) is 1. The molecule has 6 heteroatoms. The first kappa shape index (κ1) is 17.1. The first-order valence-corrected chi connectivity index (χ1v) is 9.08. The summed E-state index contributed by atoms with van der Waals surface area (Å²) in [5.74, 6) is 0.301. The Morgan fingerprint density at radius 3 is 2.68 bits per heavy atom. The molecule has 2 aromatic heterocycles. The zero-order valence-corrected chi connectivity index (χ0v) is 15.1. The highest BCUT2D eigenvalue weighted by molar-refractivity contribution is 7.18. The lowest BCUT2D eigenvalue weighted by molar-refractivity contribution is 0.795. The van der Waals surface area contributed by atoms with Gasteiger partial charge >= 0.3 is 0 Å². The van der Waals surface area contributed by atoms with Crippen LogP contribution in [0.4, 0.5) is 5.95 Å². The molecule has 2 heterocycles. The van der Waals surface area contributed by atoms with Gasteiger partial charge in [-0.05, 0) is 31.4 Å². The number of benzene rings is 1. The lowest BCUT2D eigenvalue weighted by Crippen LogP contribution is -1.96. The van der Waals surface area contributed by atoms with E-state index in [1.54, 1.807) is 17.5 Å². The molecule has 1 N–H and O–H groups in total. The highest BCUT2D eigenvalue weighted by Gasteiger charge is 2.13. The van der Waals surface area contributed by atoms with Crippen LogP contribution in [0.3, 0.4) is 0 Å². The molecule has 0 radical (unpaired) electrons. The molecule has 3 aromatic rings. The van der Waals surface area contributed by atoms with Gasteiger partial charge in [0.15, 0.2) is 6.19 Å². The largest absolute Gasteiger partial charge is 0.261 e. The van der Waals surface area contributed by atoms with Crippen LogP contribution in [0.1, 0.15) is 31.0 Å². The summed E-state index contributed by atoms with van der Waals surface area (Å²) >= 11 is 1.60. The van der Waals surface area contributed by atoms with Crippen LogP contribution in [0.15, 0.2) is 36.5 Å². The molecule has 25 heavy (non-hydrogen) atoms. The fraction of sp³-hybridized carbons (Fsp3) is 0.263. The van der Waals surface area contributed by atoms with Crippen molar-refractivity contribution in [2.75, 3.05) is 5.32 Å². The Bertz CT molecular complexity index is 893. The number of unbranched alkanes of at least 4 members (excludes halogenated alkanes) is 1. The SMILES string of the molecule is CCCCc1ccc(-c2nc(C)c(-c3ccnc(NC#N)n3)s2)cc1. The molecule has 0 spiro atoms. The monoisotopic (exact) mass is 349 g/mol. The predicted octanol–water partition coefficient (Wildman–Crippen LogP) is 4.81. The van der Waals surface area contributed by atoms with Gasteiger partial charge in [-0.1, -0.05) is 37.6 Å². The summed E-state index contributed by atoms with van der Waals surface area (Å²) in [6.07, 6.45) is 7.02. The minimum atomic E-state index is 0.301. The quantitative estimate of drug-likeness (QED) is 0.510. The van der Waals surface area contributed by atoms with Gasteiger partial charge in [-0.2, -0.15) is 5.26 Å². The first-order chi connectivity index (χ1) is 12.2. The van der Waals surface area contributed by atoms with Gasteiger partial charge in [-0.15, -0.1) is 11.3 Å². The van der Waals surface area contributed by atoms with Gasteiger partial charge in [0.25, 0.3) is 0 Å². The molecular formula is C19H19N5S. The molecule has 0 aliphatic carbocycles. The van der Waals surface area contributed by atoms with Gasteiger partial charge in [-0.3, -0.25) is 5.32 Å². The van der Waals surface area contributed by atoms with Gasteiger partial charge in [0, 0.05) is 11.8 Å². The van der Waals surface area contributed by atoms with Crippen LogP contribution in [-0.4, -0.2) is 15.0 Å². The van der Waals surface area contributed by atoms with Crippen molar-refractivity contribution in [1.29, 1.82) is 5.26 Å². The number of anilines is 1. The molecule has 0 bridgehead atoms. The molecule has 0 atom stereocenters. The minimum absolute atomic E-state index is 0.301. The van der Waals surface area contributed by atoms with Crippen molar-refractivity contribution < 1.29 is 0 Å². The number of nitriles is 1. The summed E-state index contributed by atoms with van der Waals surface area (Å²) < 4.78 is 0. The van der Waals surface area contributed by atoms with Crippen LogP contribution in [0, 0.1) is 18.4 Å². The number of aryl methyl sites for hydroxylation is 2. The fourth-order valence-corrected chi connectivity index (χ4v) is 3.59. The molecule has 0 fully saturated rings. The average Bonchev–Trinajstić information content (AvgIpc) is 3.03. The zero-order chi connectivity index (χ0) is 17.6. The third-order valence-corrected chi connectivity index (χ3v) is 5.10. The number of hydrogen-bond donors (Lipinski definition) is 1. The number of aromatic nitrogens is 3. The summed E-state index contributed by atoms with van der Waals surface area (Å²) in [5.41, 5.74) is 4.18. The molecule has 0 unspecified atom stereocenters. The number of thiazole rings is 1. The van der Waals surface area contributed by atoms with Crippen molar-refractivity contribution in [3.05, 3.63) is 47.8 Å². The summed E-state index contributed by atoms with van der Waals surface area (Å²) in [6, 6.07) is 10.5. The van der Waals surface area contributed by atoms with E-state index >= 15 is 0 Å². The van der Waals surface area contributed by atoms with Crippen LogP contribution < -0.4 is 5.32 Å². The lowest BCUT2D eigenvalue weighted by atomic mass is 10.1. The average molecular weight is 349 g/mol. The first-order valence-electron chi connectivity index (χ1n) is 8.26. The van der Waals surface area contributed by atoms with Gasteiger partial charge in [-0.25, -0.2) is 15.0 Å². The minimum Gasteiger partial charge on any atom is -0.261 e. The Labute approximate surface area is 151 Å². The summed E-state index contributed by atoms with van der Waals surface area (Å²) in [7, 11) is 0. The highest BCUT2D eigenvalue weighted by atomic mass is 32.1. The van der Waals surface area contributed by atoms with E-state index in [1.165, 1.54) is 18.4 Å². The summed E-state index contributed by atoms with van der Waals surface area (Å²) in [6.45, 7) is 4.18. The Morgan fingerprint density at radius 2 is 1.96 bits per heavy atom. The van der Waals surface area contributed by atoms with E-state index in [-0.39, 0.29) is 0 Å². The van der Waals surface area contributed by atoms with Crippen molar-refractivity contribution in [1.82, 2.24) is 15.0 Å². The topological polar surface area (TPSA) is 74.5 Å². The van der Waals surface area contributed by atoms with Gasteiger partial charge in [0.2, 0.25) is 5.95 Å². The van der Waals surface area contributed by atoms with E-state index in [1.807, 2.05) is 19.2 Å². The smallest absolute Gasteiger partial charge is 0.236 e. The Kier molecular flexibility index (Phi) is 5.36. The van der Waals surface area contributed by atoms with Crippen LogP contribution in [0.2, 0.25) is 0 Å². The predicted molar refractivity (Wildman–Crippen MR) is 101 cm³/mol. The van der Waals surface area contributed by atoms with E-state index in [0.717, 1.165) is 33.3 Å². The van der Waals surface area contributed by atoms with Crippen LogP contribution in [0.25, 0.3) is 21.1 Å². The van der Waals surface area contributed by atoms with E-state index in [9.17, 15) is 0 Å². The Balaban J connectivity index is 1.87. The molecule has 0 saturated carbocycles. The summed E-state index contributed by atoms with van der Waals surface area (Å²) in [4.78, 5) is 14.1. The van der Waals surface area contributed by atoms with Crippen molar-refractivity contribution >= 4 is 17.3 Å². The maximum Gasteiger partial charge on any atom is 0.236 e. The van der Waals surface area contributed by atoms with Crippen molar-refractivity contribution in [2.24, 2.45) is 0 Å². The molecule has 1 aromatic carbocycles. The molecule has 3 rings (SSSR count). The van der Waals surface area contributed by atoms with E-state index < -0.39 is 0 Å². The third-order valence-electron chi connectivity index (χ3n) is 3.87. The second-order valence-electron chi connectivity index (χ2n) is 5.74. The van der Waals surface area contributed by atoms with Crippen molar-refractivity contribution in [3.8, 4) is 27.3 Å². The second-order valence-corrected chi connectivity index (χ2v) is 6.74. The summed E-state index contributed by atoms with van der Waals surface area (Å²) in [5, 5.41) is 12.2. The standard InChI is InChI=1S/C19H19N5S/c1-3-4-5-14-6-8-15(9-7-14)18-23-13(2)17(25-18)16-10-11-21-19(24-16)22-12-20/h6-11H,3-5H2,1-2H3,(H,21,22,24).